The van der Waals surface area contributed by atoms with Crippen LogP contribution >= 0.6 is 0 Å². The molecule has 1 N–H and O–H groups in total. The van der Waals surface area contributed by atoms with Crippen molar-refractivity contribution in [2.24, 2.45) is 5.41 Å². The van der Waals surface area contributed by atoms with Crippen molar-refractivity contribution in [1.82, 2.24) is 5.32 Å². The van der Waals surface area contributed by atoms with E-state index in [-0.39, 0.29) is 0 Å². The molecule has 0 radical (unpaired) electrons. The summed E-state index contributed by atoms with van der Waals surface area (Å²) in [4.78, 5) is 0. The Hall–Kier alpha value is -0.720. The van der Waals surface area contributed by atoms with Crippen molar-refractivity contribution in [3.05, 3.63) is 24.4 Å². The highest BCUT2D eigenvalue weighted by atomic mass is 14.9. The molecule has 1 nitrogen and oxygen atoms in total. The zero-order chi connectivity index (χ0) is 11.2. The average Bonchev–Trinajstić information content (AvgIpc) is 1.96. The molecule has 0 bridgehead atoms. The highest BCUT2D eigenvalue weighted by Crippen LogP contribution is 2.21. The summed E-state index contributed by atoms with van der Waals surface area (Å²) in [5.74, 6) is 0. The molecule has 1 atom stereocenters. The molecule has 0 aromatic heterocycles. The zero-order valence-electron chi connectivity index (χ0n) is 10.4. The van der Waals surface area contributed by atoms with E-state index < -0.39 is 0 Å². The molecule has 0 aliphatic heterocycles. The van der Waals surface area contributed by atoms with E-state index in [0.29, 0.717) is 11.5 Å². The summed E-state index contributed by atoms with van der Waals surface area (Å²) in [7, 11) is 0. The van der Waals surface area contributed by atoms with E-state index in [1.165, 1.54) is 0 Å². The lowest BCUT2D eigenvalue weighted by molar-refractivity contribution is 0.396. The molecule has 1 unspecified atom stereocenters. The van der Waals surface area contributed by atoms with E-state index in [4.69, 9.17) is 0 Å². The lowest BCUT2D eigenvalue weighted by Crippen LogP contribution is -2.25. The maximum absolute atomic E-state index is 4.04. The van der Waals surface area contributed by atoms with Crippen LogP contribution in [0, 0.1) is 5.41 Å². The number of hydrogen-bond donors (Lipinski definition) is 1. The van der Waals surface area contributed by atoms with Crippen molar-refractivity contribution < 1.29 is 0 Å². The molecular formula is C13H25N. The summed E-state index contributed by atoms with van der Waals surface area (Å²) in [6.45, 7) is 15.0. The molecule has 14 heavy (non-hydrogen) atoms. The van der Waals surface area contributed by atoms with Crippen molar-refractivity contribution in [2.45, 2.75) is 53.5 Å². The lowest BCUT2D eigenvalue weighted by atomic mass is 9.91. The molecule has 0 spiro atoms. The fraction of sp³-hybridized carbons (Fsp3) is 0.692. The number of hydrogen-bond acceptors (Lipinski definition) is 1. The molecule has 0 heterocycles. The predicted octanol–water partition coefficient (Wildman–Crippen LogP) is 3.88. The van der Waals surface area contributed by atoms with Crippen LogP contribution in [-0.4, -0.2) is 6.04 Å². The molecule has 0 aromatic rings. The average molecular weight is 195 g/mol. The summed E-state index contributed by atoms with van der Waals surface area (Å²) in [5, 5.41) is 3.39. The molecule has 82 valence electrons. The van der Waals surface area contributed by atoms with E-state index in [9.17, 15) is 0 Å². The van der Waals surface area contributed by atoms with Gasteiger partial charge in [-0.2, -0.15) is 0 Å². The van der Waals surface area contributed by atoms with Gasteiger partial charge in [0.15, 0.2) is 0 Å². The third-order valence-electron chi connectivity index (χ3n) is 1.84. The van der Waals surface area contributed by atoms with E-state index in [0.717, 1.165) is 18.5 Å². The maximum Gasteiger partial charge on any atom is 0.0412 e. The first-order valence-corrected chi connectivity index (χ1v) is 5.46. The Morgan fingerprint density at radius 3 is 2.43 bits per heavy atom. The third kappa shape index (κ3) is 7.90. The van der Waals surface area contributed by atoms with Crippen molar-refractivity contribution in [2.75, 3.05) is 0 Å². The first kappa shape index (κ1) is 13.3. The summed E-state index contributed by atoms with van der Waals surface area (Å²) in [6.07, 6.45) is 6.49. The number of allylic oxidation sites excluding steroid dienone is 2. The van der Waals surface area contributed by atoms with Gasteiger partial charge in [-0.25, -0.2) is 0 Å². The van der Waals surface area contributed by atoms with Gasteiger partial charge in [0.1, 0.15) is 0 Å². The van der Waals surface area contributed by atoms with Crippen LogP contribution in [0.25, 0.3) is 0 Å². The van der Waals surface area contributed by atoms with Gasteiger partial charge < -0.3 is 5.32 Å². The SMILES string of the molecule is C=C(CC(C)(C)C)NC(C)/C=C/CC. The minimum Gasteiger partial charge on any atom is -0.383 e. The molecule has 0 rings (SSSR count). The number of rotatable bonds is 5. The molecule has 0 aromatic carbocycles. The van der Waals surface area contributed by atoms with Crippen LogP contribution in [-0.2, 0) is 0 Å². The Morgan fingerprint density at radius 1 is 1.43 bits per heavy atom. The Kier molecular flexibility index (Phi) is 5.59. The zero-order valence-corrected chi connectivity index (χ0v) is 10.4. The van der Waals surface area contributed by atoms with Gasteiger partial charge in [0.05, 0.1) is 0 Å². The summed E-state index contributed by atoms with van der Waals surface area (Å²) in [5.41, 5.74) is 1.45. The molecular weight excluding hydrogens is 170 g/mol. The van der Waals surface area contributed by atoms with Gasteiger partial charge in [-0.05, 0) is 25.2 Å². The van der Waals surface area contributed by atoms with Crippen molar-refractivity contribution in [1.29, 1.82) is 0 Å². The van der Waals surface area contributed by atoms with Crippen molar-refractivity contribution >= 4 is 0 Å². The molecule has 0 aliphatic rings. The monoisotopic (exact) mass is 195 g/mol. The normalized spacial score (nSPS) is 14.4. The Labute approximate surface area is 89.3 Å². The van der Waals surface area contributed by atoms with E-state index in [1.807, 2.05) is 0 Å². The Morgan fingerprint density at radius 2 is 2.00 bits per heavy atom. The Bertz CT molecular complexity index is 196. The summed E-state index contributed by atoms with van der Waals surface area (Å²) in [6, 6.07) is 0.393. The van der Waals surface area contributed by atoms with E-state index >= 15 is 0 Å². The fourth-order valence-corrected chi connectivity index (χ4v) is 1.40. The second kappa shape index (κ2) is 5.90. The van der Waals surface area contributed by atoms with Gasteiger partial charge in [-0.15, -0.1) is 0 Å². The van der Waals surface area contributed by atoms with Gasteiger partial charge in [0.2, 0.25) is 0 Å². The van der Waals surface area contributed by atoms with Crippen LogP contribution in [0.1, 0.15) is 47.5 Å². The lowest BCUT2D eigenvalue weighted by Gasteiger charge is -2.22. The van der Waals surface area contributed by atoms with Crippen LogP contribution in [0.2, 0.25) is 0 Å². The van der Waals surface area contributed by atoms with Crippen molar-refractivity contribution in [3.8, 4) is 0 Å². The Balaban J connectivity index is 3.89. The van der Waals surface area contributed by atoms with E-state index in [2.05, 4.69) is 58.7 Å². The fourth-order valence-electron chi connectivity index (χ4n) is 1.40. The quantitative estimate of drug-likeness (QED) is 0.656. The second-order valence-electron chi connectivity index (χ2n) is 5.11. The second-order valence-corrected chi connectivity index (χ2v) is 5.11. The van der Waals surface area contributed by atoms with Gasteiger partial charge in [0.25, 0.3) is 0 Å². The molecule has 0 fully saturated rings. The third-order valence-corrected chi connectivity index (χ3v) is 1.84. The van der Waals surface area contributed by atoms with Crippen LogP contribution in [0.15, 0.2) is 24.4 Å². The van der Waals surface area contributed by atoms with Crippen LogP contribution in [0.5, 0.6) is 0 Å². The first-order valence-electron chi connectivity index (χ1n) is 5.46. The van der Waals surface area contributed by atoms with Gasteiger partial charge in [-0.3, -0.25) is 0 Å². The standard InChI is InChI=1S/C13H25N/c1-7-8-9-11(2)14-12(3)10-13(4,5)6/h8-9,11,14H,3,7,10H2,1-2,4-6H3/b9-8+. The summed E-state index contributed by atoms with van der Waals surface area (Å²) >= 11 is 0. The molecule has 0 amide bonds. The highest BCUT2D eigenvalue weighted by Gasteiger charge is 2.12. The molecule has 0 saturated carbocycles. The molecule has 0 aliphatic carbocycles. The number of nitrogens with one attached hydrogen (secondary N) is 1. The topological polar surface area (TPSA) is 12.0 Å². The minimum absolute atomic E-state index is 0.318. The smallest absolute Gasteiger partial charge is 0.0412 e. The van der Waals surface area contributed by atoms with Gasteiger partial charge in [-0.1, -0.05) is 46.4 Å². The van der Waals surface area contributed by atoms with Crippen LogP contribution in [0.4, 0.5) is 0 Å². The minimum atomic E-state index is 0.318. The van der Waals surface area contributed by atoms with Crippen LogP contribution < -0.4 is 5.32 Å². The largest absolute Gasteiger partial charge is 0.383 e. The summed E-state index contributed by atoms with van der Waals surface area (Å²) < 4.78 is 0. The van der Waals surface area contributed by atoms with Gasteiger partial charge >= 0.3 is 0 Å². The van der Waals surface area contributed by atoms with Crippen LogP contribution in [0.3, 0.4) is 0 Å². The molecule has 0 saturated heterocycles. The van der Waals surface area contributed by atoms with E-state index in [1.54, 1.807) is 0 Å². The maximum atomic E-state index is 4.04. The van der Waals surface area contributed by atoms with Crippen molar-refractivity contribution in [3.63, 3.8) is 0 Å². The predicted molar refractivity (Wildman–Crippen MR) is 65.2 cm³/mol. The first-order chi connectivity index (χ1) is 6.35. The van der Waals surface area contributed by atoms with Gasteiger partial charge in [0, 0.05) is 11.7 Å². The molecule has 1 heteroatoms. The highest BCUT2D eigenvalue weighted by molar-refractivity contribution is 5.01.